The van der Waals surface area contributed by atoms with Crippen LogP contribution in [0.1, 0.15) is 28.2 Å². The SMILES string of the molecule is Oc1ccc(C(c2ccc(O)cc2)c2cnccc2CN2CCN(c3ncccn3)CC2)cc1. The van der Waals surface area contributed by atoms with Gasteiger partial charge in [-0.1, -0.05) is 24.3 Å². The maximum absolute atomic E-state index is 9.83. The van der Waals surface area contributed by atoms with Crippen molar-refractivity contribution in [1.82, 2.24) is 19.9 Å². The van der Waals surface area contributed by atoms with Crippen LogP contribution in [0.4, 0.5) is 5.95 Å². The van der Waals surface area contributed by atoms with Crippen LogP contribution in [0.25, 0.3) is 0 Å². The van der Waals surface area contributed by atoms with Gasteiger partial charge in [0.25, 0.3) is 0 Å². The monoisotopic (exact) mass is 453 g/mol. The standard InChI is InChI=1S/C27H27N5O2/c33-23-6-2-20(3-7-23)26(21-4-8-24(34)9-5-21)25-18-28-13-10-22(25)19-31-14-16-32(17-15-31)27-29-11-1-12-30-27/h1-13,18,26,33-34H,14-17,19H2. The zero-order valence-corrected chi connectivity index (χ0v) is 18.8. The fourth-order valence-corrected chi connectivity index (χ4v) is 4.53. The molecule has 5 rings (SSSR count). The normalized spacial score (nSPS) is 14.4. The quantitative estimate of drug-likeness (QED) is 0.459. The molecule has 1 fully saturated rings. The van der Waals surface area contributed by atoms with Gasteiger partial charge in [-0.3, -0.25) is 9.88 Å². The number of phenols is 2. The Bertz CT molecular complexity index is 1160. The average Bonchev–Trinajstić information content (AvgIpc) is 2.88. The van der Waals surface area contributed by atoms with Crippen LogP contribution in [-0.4, -0.2) is 56.2 Å². The molecule has 0 aliphatic carbocycles. The zero-order valence-electron chi connectivity index (χ0n) is 18.8. The molecule has 7 heteroatoms. The predicted molar refractivity (Wildman–Crippen MR) is 131 cm³/mol. The number of hydrogen-bond acceptors (Lipinski definition) is 7. The molecule has 1 aliphatic rings. The van der Waals surface area contributed by atoms with Crippen LogP contribution in [0.5, 0.6) is 11.5 Å². The first kappa shape index (κ1) is 21.9. The van der Waals surface area contributed by atoms with Gasteiger partial charge in [0.2, 0.25) is 5.95 Å². The lowest BCUT2D eigenvalue weighted by Gasteiger charge is -2.35. The minimum atomic E-state index is -0.0658. The van der Waals surface area contributed by atoms with E-state index in [0.29, 0.717) is 0 Å². The van der Waals surface area contributed by atoms with E-state index in [1.165, 1.54) is 5.56 Å². The highest BCUT2D eigenvalue weighted by molar-refractivity contribution is 5.47. The van der Waals surface area contributed by atoms with Crippen molar-refractivity contribution >= 4 is 5.95 Å². The van der Waals surface area contributed by atoms with Crippen LogP contribution < -0.4 is 4.90 Å². The smallest absolute Gasteiger partial charge is 0.225 e. The fourth-order valence-electron chi connectivity index (χ4n) is 4.53. The third-order valence-electron chi connectivity index (χ3n) is 6.31. The predicted octanol–water partition coefficient (Wildman–Crippen LogP) is 3.79. The summed E-state index contributed by atoms with van der Waals surface area (Å²) < 4.78 is 0. The summed E-state index contributed by atoms with van der Waals surface area (Å²) in [6.07, 6.45) is 7.35. The Morgan fingerprint density at radius 3 is 1.91 bits per heavy atom. The molecule has 2 N–H and O–H groups in total. The van der Waals surface area contributed by atoms with Crippen molar-refractivity contribution in [3.8, 4) is 11.5 Å². The van der Waals surface area contributed by atoms with Crippen LogP contribution >= 0.6 is 0 Å². The summed E-state index contributed by atoms with van der Waals surface area (Å²) in [7, 11) is 0. The van der Waals surface area contributed by atoms with E-state index in [0.717, 1.165) is 55.4 Å². The van der Waals surface area contributed by atoms with Gasteiger partial charge >= 0.3 is 0 Å². The number of hydrogen-bond donors (Lipinski definition) is 2. The number of piperazine rings is 1. The zero-order chi connectivity index (χ0) is 23.3. The third kappa shape index (κ3) is 4.84. The van der Waals surface area contributed by atoms with E-state index in [4.69, 9.17) is 0 Å². The molecule has 0 unspecified atom stereocenters. The average molecular weight is 454 g/mol. The molecule has 0 bridgehead atoms. The van der Waals surface area contributed by atoms with Crippen molar-refractivity contribution in [1.29, 1.82) is 0 Å². The molecular formula is C27H27N5O2. The summed E-state index contributed by atoms with van der Waals surface area (Å²) in [5.41, 5.74) is 4.45. The topological polar surface area (TPSA) is 85.6 Å². The van der Waals surface area contributed by atoms with Crippen molar-refractivity contribution < 1.29 is 10.2 Å². The molecule has 0 amide bonds. The summed E-state index contributed by atoms with van der Waals surface area (Å²) in [5.74, 6) is 1.19. The number of pyridine rings is 1. The maximum atomic E-state index is 9.83. The van der Waals surface area contributed by atoms with Crippen molar-refractivity contribution in [2.24, 2.45) is 0 Å². The fraction of sp³-hybridized carbons (Fsp3) is 0.222. The summed E-state index contributed by atoms with van der Waals surface area (Å²) in [4.78, 5) is 17.9. The lowest BCUT2D eigenvalue weighted by molar-refractivity contribution is 0.248. The summed E-state index contributed by atoms with van der Waals surface area (Å²) in [5, 5.41) is 19.7. The number of benzene rings is 2. The second kappa shape index (κ2) is 9.89. The number of phenolic OH excluding ortho intramolecular Hbond substituents is 2. The van der Waals surface area contributed by atoms with Crippen LogP contribution in [0.3, 0.4) is 0 Å². The molecule has 0 saturated carbocycles. The molecular weight excluding hydrogens is 426 g/mol. The summed E-state index contributed by atoms with van der Waals surface area (Å²) in [6.45, 7) is 4.41. The molecule has 1 saturated heterocycles. The number of nitrogens with zero attached hydrogens (tertiary/aromatic N) is 5. The Morgan fingerprint density at radius 2 is 1.32 bits per heavy atom. The van der Waals surface area contributed by atoms with Crippen LogP contribution in [-0.2, 0) is 6.54 Å². The van der Waals surface area contributed by atoms with Crippen molar-refractivity contribution in [2.75, 3.05) is 31.1 Å². The minimum absolute atomic E-state index is 0.0658. The third-order valence-corrected chi connectivity index (χ3v) is 6.31. The Labute approximate surface area is 199 Å². The van der Waals surface area contributed by atoms with Crippen molar-refractivity contribution in [3.63, 3.8) is 0 Å². The first-order valence-corrected chi connectivity index (χ1v) is 11.4. The van der Waals surface area contributed by atoms with Crippen LogP contribution in [0.2, 0.25) is 0 Å². The molecule has 0 spiro atoms. The van der Waals surface area contributed by atoms with E-state index < -0.39 is 0 Å². The van der Waals surface area contributed by atoms with E-state index in [1.54, 1.807) is 36.7 Å². The van der Waals surface area contributed by atoms with E-state index >= 15 is 0 Å². The molecule has 7 nitrogen and oxygen atoms in total. The van der Waals surface area contributed by atoms with Gasteiger partial charge in [-0.15, -0.1) is 0 Å². The first-order valence-electron chi connectivity index (χ1n) is 11.4. The Hall–Kier alpha value is -3.97. The molecule has 2 aromatic heterocycles. The Balaban J connectivity index is 1.41. The van der Waals surface area contributed by atoms with E-state index in [-0.39, 0.29) is 17.4 Å². The molecule has 3 heterocycles. The highest BCUT2D eigenvalue weighted by Gasteiger charge is 2.23. The largest absolute Gasteiger partial charge is 0.508 e. The summed E-state index contributed by atoms with van der Waals surface area (Å²) >= 11 is 0. The van der Waals surface area contributed by atoms with Crippen molar-refractivity contribution in [2.45, 2.75) is 12.5 Å². The molecule has 2 aromatic carbocycles. The van der Waals surface area contributed by atoms with E-state index in [2.05, 4.69) is 30.8 Å². The second-order valence-corrected chi connectivity index (χ2v) is 8.50. The number of anilines is 1. The highest BCUT2D eigenvalue weighted by atomic mass is 16.3. The molecule has 172 valence electrons. The van der Waals surface area contributed by atoms with Gasteiger partial charge in [0.05, 0.1) is 0 Å². The Kier molecular flexibility index (Phi) is 6.35. The maximum Gasteiger partial charge on any atom is 0.225 e. The molecule has 0 radical (unpaired) electrons. The van der Waals surface area contributed by atoms with Crippen molar-refractivity contribution in [3.05, 3.63) is 108 Å². The van der Waals surface area contributed by atoms with Gasteiger partial charge in [-0.2, -0.15) is 0 Å². The second-order valence-electron chi connectivity index (χ2n) is 8.50. The van der Waals surface area contributed by atoms with Crippen LogP contribution in [0.15, 0.2) is 85.5 Å². The number of aromatic hydroxyl groups is 2. The lowest BCUT2D eigenvalue weighted by atomic mass is 9.83. The molecule has 0 atom stereocenters. The molecule has 4 aromatic rings. The van der Waals surface area contributed by atoms with Gasteiger partial charge in [0.15, 0.2) is 0 Å². The van der Waals surface area contributed by atoms with Gasteiger partial charge in [-0.25, -0.2) is 9.97 Å². The summed E-state index contributed by atoms with van der Waals surface area (Å²) in [6, 6.07) is 18.6. The Morgan fingerprint density at radius 1 is 0.735 bits per heavy atom. The molecule has 1 aliphatic heterocycles. The van der Waals surface area contributed by atoms with E-state index in [1.807, 2.05) is 42.7 Å². The van der Waals surface area contributed by atoms with Gasteiger partial charge in [0.1, 0.15) is 11.5 Å². The van der Waals surface area contributed by atoms with Crippen LogP contribution in [0, 0.1) is 0 Å². The number of rotatable bonds is 6. The van der Waals surface area contributed by atoms with Gasteiger partial charge in [0, 0.05) is 63.4 Å². The first-order chi connectivity index (χ1) is 16.7. The lowest BCUT2D eigenvalue weighted by Crippen LogP contribution is -2.46. The van der Waals surface area contributed by atoms with Gasteiger partial charge < -0.3 is 15.1 Å². The van der Waals surface area contributed by atoms with Gasteiger partial charge in [-0.05, 0) is 58.7 Å². The minimum Gasteiger partial charge on any atom is -0.508 e. The molecule has 34 heavy (non-hydrogen) atoms. The highest BCUT2D eigenvalue weighted by Crippen LogP contribution is 2.35. The van der Waals surface area contributed by atoms with E-state index in [9.17, 15) is 10.2 Å². The number of aromatic nitrogens is 3.